The third-order valence-electron chi connectivity index (χ3n) is 2.84. The van der Waals surface area contributed by atoms with Crippen LogP contribution in [0.25, 0.3) is 0 Å². The Labute approximate surface area is 119 Å². The molecule has 2 aliphatic carbocycles. The molecule has 0 amide bonds. The van der Waals surface area contributed by atoms with Gasteiger partial charge in [-0.2, -0.15) is 0 Å². The molecule has 0 aromatic rings. The van der Waals surface area contributed by atoms with Crippen LogP contribution in [0.1, 0.15) is 52.4 Å². The van der Waals surface area contributed by atoms with Crippen molar-refractivity contribution >= 4 is 0 Å². The quantitative estimate of drug-likeness (QED) is 0.614. The van der Waals surface area contributed by atoms with Crippen molar-refractivity contribution in [3.05, 3.63) is 47.6 Å². The average Bonchev–Trinajstić information content (AvgIpc) is 2.92. The van der Waals surface area contributed by atoms with Gasteiger partial charge in [-0.25, -0.2) is 0 Å². The average molecular weight is 317 g/mol. The van der Waals surface area contributed by atoms with Crippen molar-refractivity contribution in [3.63, 3.8) is 0 Å². The van der Waals surface area contributed by atoms with Crippen molar-refractivity contribution in [2.45, 2.75) is 52.4 Å². The minimum Gasteiger partial charge on any atom is -0.0805 e. The second-order valence-corrected chi connectivity index (χ2v) is 4.41. The zero-order chi connectivity index (χ0) is 11.6. The molecule has 2 aliphatic rings. The number of allylic oxidation sites excluding steroid dienone is 8. The Hall–Kier alpha value is -0.417. The molecule has 0 saturated heterocycles. The van der Waals surface area contributed by atoms with Crippen LogP contribution in [0.4, 0.5) is 0 Å². The van der Waals surface area contributed by atoms with E-state index in [1.54, 1.807) is 11.1 Å². The molecule has 0 heterocycles. The van der Waals surface area contributed by atoms with Crippen LogP contribution in [0.2, 0.25) is 0 Å². The van der Waals surface area contributed by atoms with E-state index in [1.807, 2.05) is 0 Å². The Morgan fingerprint density at radius 2 is 1.24 bits per heavy atom. The molecule has 0 aromatic carbocycles. The van der Waals surface area contributed by atoms with Crippen molar-refractivity contribution < 1.29 is 19.5 Å². The smallest absolute Gasteiger partial charge is 0 e. The Morgan fingerprint density at radius 3 is 1.47 bits per heavy atom. The summed E-state index contributed by atoms with van der Waals surface area (Å²) in [6.45, 7) is 4.44. The van der Waals surface area contributed by atoms with E-state index in [0.717, 1.165) is 0 Å². The minimum absolute atomic E-state index is 0. The maximum Gasteiger partial charge on any atom is 0 e. The Morgan fingerprint density at radius 1 is 0.824 bits per heavy atom. The first-order valence-electron chi connectivity index (χ1n) is 6.56. The van der Waals surface area contributed by atoms with Crippen molar-refractivity contribution in [2.75, 3.05) is 0 Å². The summed E-state index contributed by atoms with van der Waals surface area (Å²) in [5.41, 5.74) is 3.18. The standard InChI is InChI=1S/2C8H12.Ru/c2*1-2-5-8-6-3-4-7-8;/h2*3-4,6H,2,5,7H2,1H3;. The van der Waals surface area contributed by atoms with E-state index in [-0.39, 0.29) is 19.5 Å². The fourth-order valence-electron chi connectivity index (χ4n) is 2.00. The van der Waals surface area contributed by atoms with Gasteiger partial charge in [-0.05, 0) is 25.7 Å². The summed E-state index contributed by atoms with van der Waals surface area (Å²) in [5.74, 6) is 0. The van der Waals surface area contributed by atoms with E-state index < -0.39 is 0 Å². The summed E-state index contributed by atoms with van der Waals surface area (Å²) in [6, 6.07) is 0. The van der Waals surface area contributed by atoms with Gasteiger partial charge in [-0.3, -0.25) is 0 Å². The van der Waals surface area contributed by atoms with Gasteiger partial charge >= 0.3 is 0 Å². The molecule has 1 heteroatoms. The first-order chi connectivity index (χ1) is 7.86. The summed E-state index contributed by atoms with van der Waals surface area (Å²) in [4.78, 5) is 0. The minimum atomic E-state index is 0. The molecule has 0 aliphatic heterocycles. The number of hydrogen-bond acceptors (Lipinski definition) is 0. The molecular formula is C16H24Ru. The van der Waals surface area contributed by atoms with E-state index in [1.165, 1.54) is 38.5 Å². The predicted octanol–water partition coefficient (Wildman–Crippen LogP) is 5.34. The van der Waals surface area contributed by atoms with Gasteiger partial charge in [-0.15, -0.1) is 0 Å². The molecule has 0 saturated carbocycles. The zero-order valence-corrected chi connectivity index (χ0v) is 12.8. The predicted molar refractivity (Wildman–Crippen MR) is 73.5 cm³/mol. The second-order valence-electron chi connectivity index (χ2n) is 4.41. The van der Waals surface area contributed by atoms with Gasteiger partial charge in [-0.1, -0.05) is 74.3 Å². The fraction of sp³-hybridized carbons (Fsp3) is 0.500. The summed E-state index contributed by atoms with van der Waals surface area (Å²) >= 11 is 0. The molecule has 0 fully saturated rings. The van der Waals surface area contributed by atoms with Gasteiger partial charge in [0.2, 0.25) is 0 Å². The molecule has 2 rings (SSSR count). The van der Waals surface area contributed by atoms with Crippen LogP contribution in [-0.4, -0.2) is 0 Å². The summed E-state index contributed by atoms with van der Waals surface area (Å²) in [6.07, 6.45) is 20.7. The van der Waals surface area contributed by atoms with Crippen molar-refractivity contribution in [1.29, 1.82) is 0 Å². The van der Waals surface area contributed by atoms with Gasteiger partial charge in [0.1, 0.15) is 0 Å². The second kappa shape index (κ2) is 10.7. The molecule has 0 bridgehead atoms. The van der Waals surface area contributed by atoms with E-state index in [4.69, 9.17) is 0 Å². The van der Waals surface area contributed by atoms with Gasteiger partial charge in [0.05, 0.1) is 0 Å². The SMILES string of the molecule is CCCC1=CC=CC1.CCCC1=CC=CC1.[Ru]. The summed E-state index contributed by atoms with van der Waals surface area (Å²) in [7, 11) is 0. The van der Waals surface area contributed by atoms with Crippen LogP contribution < -0.4 is 0 Å². The van der Waals surface area contributed by atoms with Crippen LogP contribution in [0.5, 0.6) is 0 Å². The molecule has 17 heavy (non-hydrogen) atoms. The topological polar surface area (TPSA) is 0 Å². The van der Waals surface area contributed by atoms with E-state index in [0.29, 0.717) is 0 Å². The molecular weight excluding hydrogens is 293 g/mol. The normalized spacial score (nSPS) is 15.9. The molecule has 0 aromatic heterocycles. The monoisotopic (exact) mass is 318 g/mol. The maximum absolute atomic E-state index is 2.23. The first-order valence-corrected chi connectivity index (χ1v) is 6.56. The van der Waals surface area contributed by atoms with Crippen molar-refractivity contribution in [1.82, 2.24) is 0 Å². The van der Waals surface area contributed by atoms with Gasteiger partial charge in [0.15, 0.2) is 0 Å². The van der Waals surface area contributed by atoms with Crippen LogP contribution in [-0.2, 0) is 19.5 Å². The van der Waals surface area contributed by atoms with Crippen LogP contribution in [0.15, 0.2) is 47.6 Å². The number of hydrogen-bond donors (Lipinski definition) is 0. The van der Waals surface area contributed by atoms with E-state index >= 15 is 0 Å². The summed E-state index contributed by atoms with van der Waals surface area (Å²) < 4.78 is 0. The third kappa shape index (κ3) is 7.50. The molecule has 0 atom stereocenters. The van der Waals surface area contributed by atoms with Gasteiger partial charge in [0, 0.05) is 19.5 Å². The van der Waals surface area contributed by atoms with E-state index in [2.05, 4.69) is 50.3 Å². The van der Waals surface area contributed by atoms with Gasteiger partial charge in [0.25, 0.3) is 0 Å². The molecule has 0 nitrogen and oxygen atoms in total. The van der Waals surface area contributed by atoms with Crippen LogP contribution in [0.3, 0.4) is 0 Å². The molecule has 0 unspecified atom stereocenters. The Balaban J connectivity index is 0.000000284. The van der Waals surface area contributed by atoms with Crippen LogP contribution in [0, 0.1) is 0 Å². The van der Waals surface area contributed by atoms with Crippen LogP contribution >= 0.6 is 0 Å². The molecule has 0 spiro atoms. The number of rotatable bonds is 4. The zero-order valence-electron chi connectivity index (χ0n) is 11.1. The summed E-state index contributed by atoms with van der Waals surface area (Å²) in [5, 5.41) is 0. The van der Waals surface area contributed by atoms with Gasteiger partial charge < -0.3 is 0 Å². The third-order valence-corrected chi connectivity index (χ3v) is 2.84. The van der Waals surface area contributed by atoms with Crippen molar-refractivity contribution in [3.8, 4) is 0 Å². The molecule has 96 valence electrons. The fourth-order valence-corrected chi connectivity index (χ4v) is 2.00. The molecule has 0 radical (unpaired) electrons. The maximum atomic E-state index is 2.23. The Bertz CT molecular complexity index is 273. The first kappa shape index (κ1) is 16.6. The van der Waals surface area contributed by atoms with E-state index in [9.17, 15) is 0 Å². The van der Waals surface area contributed by atoms with Crippen molar-refractivity contribution in [2.24, 2.45) is 0 Å². The largest absolute Gasteiger partial charge is 0.0805 e. The molecule has 0 N–H and O–H groups in total. The Kier molecular flexibility index (Phi) is 10.5.